The maximum Gasteiger partial charge on any atom is 0.323 e. The van der Waals surface area contributed by atoms with E-state index in [0.717, 1.165) is 32.7 Å². The normalized spacial score (nSPS) is 17.4. The topological polar surface area (TPSA) is 32.8 Å². The van der Waals surface area contributed by atoms with E-state index in [-0.39, 0.29) is 12.0 Å². The molecular weight excluding hydrogens is 240 g/mol. The minimum Gasteiger partial charge on any atom is -0.465 e. The quantitative estimate of drug-likeness (QED) is 0.738. The largest absolute Gasteiger partial charge is 0.465 e. The number of rotatable bonds is 4. The Bertz CT molecular complexity index is 202. The summed E-state index contributed by atoms with van der Waals surface area (Å²) in [4.78, 5) is 16.1. The Morgan fingerprint density at radius 3 is 1.89 bits per heavy atom. The van der Waals surface area contributed by atoms with Gasteiger partial charge in [-0.25, -0.2) is 0 Å². The molecule has 0 spiro atoms. The number of likely N-dealkylation sites (N-methyl/N-ethyl adjacent to an activating group) is 1. The Morgan fingerprint density at radius 2 is 1.53 bits per heavy atom. The Hall–Kier alpha value is -0.610. The minimum atomic E-state index is -0.0950. The fourth-order valence-electron chi connectivity index (χ4n) is 1.88. The van der Waals surface area contributed by atoms with Crippen LogP contribution in [0.25, 0.3) is 0 Å². The zero-order chi connectivity index (χ0) is 15.3. The van der Waals surface area contributed by atoms with E-state index < -0.39 is 0 Å². The van der Waals surface area contributed by atoms with Gasteiger partial charge in [0.05, 0.1) is 6.61 Å². The molecule has 1 aliphatic rings. The highest BCUT2D eigenvalue weighted by molar-refractivity contribution is 5.75. The Morgan fingerprint density at radius 1 is 1.05 bits per heavy atom. The molecule has 0 aromatic rings. The zero-order valence-corrected chi connectivity index (χ0v) is 14.0. The van der Waals surface area contributed by atoms with Crippen molar-refractivity contribution >= 4 is 5.97 Å². The van der Waals surface area contributed by atoms with E-state index in [0.29, 0.717) is 6.61 Å². The molecule has 1 rings (SSSR count). The molecule has 0 aromatic heterocycles. The van der Waals surface area contributed by atoms with Crippen molar-refractivity contribution in [3.63, 3.8) is 0 Å². The van der Waals surface area contributed by atoms with Gasteiger partial charge in [-0.3, -0.25) is 9.69 Å². The van der Waals surface area contributed by atoms with Crippen LogP contribution in [0, 0.1) is 0 Å². The molecular formula is C15H34N2O2. The second kappa shape index (κ2) is 13.8. The van der Waals surface area contributed by atoms with Crippen molar-refractivity contribution in [1.29, 1.82) is 0 Å². The predicted octanol–water partition coefficient (Wildman–Crippen LogP) is 2.63. The van der Waals surface area contributed by atoms with E-state index in [2.05, 4.69) is 16.7 Å². The fraction of sp³-hybridized carbons (Fsp3) is 0.933. The summed E-state index contributed by atoms with van der Waals surface area (Å²) in [6.45, 7) is 19.6. The van der Waals surface area contributed by atoms with Crippen LogP contribution in [0.2, 0.25) is 0 Å². The first-order chi connectivity index (χ1) is 9.19. The summed E-state index contributed by atoms with van der Waals surface area (Å²) >= 11 is 0. The van der Waals surface area contributed by atoms with Gasteiger partial charge < -0.3 is 9.64 Å². The molecule has 0 amide bonds. The molecule has 1 heterocycles. The minimum absolute atomic E-state index is 0.0936. The molecule has 0 saturated carbocycles. The molecule has 4 heteroatoms. The summed E-state index contributed by atoms with van der Waals surface area (Å²) in [7, 11) is 0. The summed E-state index contributed by atoms with van der Waals surface area (Å²) in [6.07, 6.45) is 0. The van der Waals surface area contributed by atoms with E-state index in [1.54, 1.807) is 0 Å². The maximum absolute atomic E-state index is 11.5. The molecule has 4 nitrogen and oxygen atoms in total. The molecule has 1 saturated heterocycles. The van der Waals surface area contributed by atoms with Crippen molar-refractivity contribution in [2.45, 2.75) is 54.5 Å². The number of esters is 1. The van der Waals surface area contributed by atoms with Crippen LogP contribution >= 0.6 is 0 Å². The van der Waals surface area contributed by atoms with Crippen LogP contribution in [0.3, 0.4) is 0 Å². The number of nitrogens with zero attached hydrogens (tertiary/aromatic N) is 2. The molecule has 1 atom stereocenters. The number of ether oxygens (including phenoxy) is 1. The number of hydrogen-bond acceptors (Lipinski definition) is 4. The second-order valence-electron chi connectivity index (χ2n) is 3.90. The first-order valence-electron chi connectivity index (χ1n) is 7.82. The van der Waals surface area contributed by atoms with Crippen molar-refractivity contribution in [2.75, 3.05) is 39.3 Å². The molecule has 0 aliphatic carbocycles. The van der Waals surface area contributed by atoms with E-state index in [1.165, 1.54) is 0 Å². The number of carbonyl (C=O) groups is 1. The lowest BCUT2D eigenvalue weighted by molar-refractivity contribution is -0.149. The van der Waals surface area contributed by atoms with Gasteiger partial charge in [0.15, 0.2) is 0 Å². The molecule has 19 heavy (non-hydrogen) atoms. The third-order valence-electron chi connectivity index (χ3n) is 3.03. The zero-order valence-electron chi connectivity index (χ0n) is 14.0. The molecule has 1 fully saturated rings. The van der Waals surface area contributed by atoms with Crippen LogP contribution in [-0.2, 0) is 9.53 Å². The molecule has 0 aromatic carbocycles. The first kappa shape index (κ1) is 20.7. The maximum atomic E-state index is 11.5. The third kappa shape index (κ3) is 8.22. The van der Waals surface area contributed by atoms with Gasteiger partial charge in [-0.1, -0.05) is 34.6 Å². The first-order valence-corrected chi connectivity index (χ1v) is 7.82. The van der Waals surface area contributed by atoms with E-state index in [1.807, 2.05) is 41.5 Å². The lowest BCUT2D eigenvalue weighted by atomic mass is 10.2. The lowest BCUT2D eigenvalue weighted by Crippen LogP contribution is -2.51. The van der Waals surface area contributed by atoms with Gasteiger partial charge in [0.25, 0.3) is 0 Å². The van der Waals surface area contributed by atoms with Crippen LogP contribution in [0.5, 0.6) is 0 Å². The van der Waals surface area contributed by atoms with Crippen molar-refractivity contribution < 1.29 is 9.53 Å². The van der Waals surface area contributed by atoms with Gasteiger partial charge in [-0.15, -0.1) is 0 Å². The van der Waals surface area contributed by atoms with E-state index in [9.17, 15) is 4.79 Å². The van der Waals surface area contributed by atoms with Crippen molar-refractivity contribution in [1.82, 2.24) is 9.80 Å². The van der Waals surface area contributed by atoms with Crippen LogP contribution in [0.4, 0.5) is 0 Å². The van der Waals surface area contributed by atoms with Crippen LogP contribution < -0.4 is 0 Å². The average Bonchev–Trinajstić information content (AvgIpc) is 2.51. The van der Waals surface area contributed by atoms with E-state index >= 15 is 0 Å². The Balaban J connectivity index is 0. The Kier molecular flexibility index (Phi) is 15.1. The fourth-order valence-corrected chi connectivity index (χ4v) is 1.88. The highest BCUT2D eigenvalue weighted by atomic mass is 16.5. The molecule has 1 unspecified atom stereocenters. The molecule has 0 N–H and O–H groups in total. The lowest BCUT2D eigenvalue weighted by Gasteiger charge is -2.36. The van der Waals surface area contributed by atoms with E-state index in [4.69, 9.17) is 4.74 Å². The summed E-state index contributed by atoms with van der Waals surface area (Å²) in [5, 5.41) is 0. The van der Waals surface area contributed by atoms with Crippen LogP contribution in [0.1, 0.15) is 48.5 Å². The SMILES string of the molecule is CC.CC.CCOC(=O)C(C)N1CCN(CC)CC1. The standard InChI is InChI=1S/C11H22N2O2.2C2H6/c1-4-12-6-8-13(9-7-12)10(3)11(14)15-5-2;2*1-2/h10H,4-9H2,1-3H3;2*1-2H3. The Labute approximate surface area is 120 Å². The van der Waals surface area contributed by atoms with Crippen LogP contribution in [-0.4, -0.2) is 61.1 Å². The third-order valence-corrected chi connectivity index (χ3v) is 3.03. The number of carbonyl (C=O) groups excluding carboxylic acids is 1. The van der Waals surface area contributed by atoms with Gasteiger partial charge >= 0.3 is 5.97 Å². The highest BCUT2D eigenvalue weighted by Crippen LogP contribution is 2.07. The molecule has 116 valence electrons. The van der Waals surface area contributed by atoms with Gasteiger partial charge in [-0.05, 0) is 20.4 Å². The summed E-state index contributed by atoms with van der Waals surface area (Å²) in [5.74, 6) is -0.0950. The van der Waals surface area contributed by atoms with Crippen LogP contribution in [0.15, 0.2) is 0 Å². The smallest absolute Gasteiger partial charge is 0.323 e. The summed E-state index contributed by atoms with van der Waals surface area (Å²) in [6, 6.07) is -0.0936. The highest BCUT2D eigenvalue weighted by Gasteiger charge is 2.25. The summed E-state index contributed by atoms with van der Waals surface area (Å²) in [5.41, 5.74) is 0. The monoisotopic (exact) mass is 274 g/mol. The second-order valence-corrected chi connectivity index (χ2v) is 3.90. The average molecular weight is 274 g/mol. The number of piperazine rings is 1. The van der Waals surface area contributed by atoms with Crippen molar-refractivity contribution in [2.24, 2.45) is 0 Å². The van der Waals surface area contributed by atoms with Gasteiger partial charge in [0.2, 0.25) is 0 Å². The van der Waals surface area contributed by atoms with Gasteiger partial charge in [0.1, 0.15) is 6.04 Å². The van der Waals surface area contributed by atoms with Crippen molar-refractivity contribution in [3.8, 4) is 0 Å². The van der Waals surface area contributed by atoms with Crippen molar-refractivity contribution in [3.05, 3.63) is 0 Å². The van der Waals surface area contributed by atoms with Gasteiger partial charge in [-0.2, -0.15) is 0 Å². The number of hydrogen-bond donors (Lipinski definition) is 0. The van der Waals surface area contributed by atoms with Gasteiger partial charge in [0, 0.05) is 26.2 Å². The molecule has 1 aliphatic heterocycles. The molecule has 0 radical (unpaired) electrons. The molecule has 0 bridgehead atoms. The summed E-state index contributed by atoms with van der Waals surface area (Å²) < 4.78 is 5.02. The predicted molar refractivity (Wildman–Crippen MR) is 82.5 cm³/mol.